The highest BCUT2D eigenvalue weighted by Gasteiger charge is 2.09. The number of allylic oxidation sites excluding steroid dienone is 7. The summed E-state index contributed by atoms with van der Waals surface area (Å²) in [5.74, 6) is 0.784. The molecule has 0 bridgehead atoms. The SMILES string of the molecule is C/C=C(\C)c1cc(=O)n2cc(N(CCC)CCCCC)ccc2n1.C=C(C)/C(C)=C\CCC.CCC/C=C(/C)C(C)CC. The summed E-state index contributed by atoms with van der Waals surface area (Å²) in [5.41, 5.74) is 7.62. The summed E-state index contributed by atoms with van der Waals surface area (Å²) >= 11 is 0. The van der Waals surface area contributed by atoms with Crippen LogP contribution in [-0.2, 0) is 0 Å². The highest BCUT2D eigenvalue weighted by Crippen LogP contribution is 2.18. The van der Waals surface area contributed by atoms with Gasteiger partial charge in [-0.2, -0.15) is 0 Å². The molecule has 0 saturated carbocycles. The Balaban J connectivity index is 0.000000766. The predicted molar refractivity (Wildman–Crippen MR) is 194 cm³/mol. The first-order valence-electron chi connectivity index (χ1n) is 16.9. The maximum Gasteiger partial charge on any atom is 0.258 e. The number of anilines is 1. The van der Waals surface area contributed by atoms with Gasteiger partial charge in [0.25, 0.3) is 5.56 Å². The molecule has 0 aliphatic rings. The highest BCUT2D eigenvalue weighted by molar-refractivity contribution is 5.62. The lowest BCUT2D eigenvalue weighted by Crippen LogP contribution is -2.26. The van der Waals surface area contributed by atoms with Gasteiger partial charge in [0, 0.05) is 25.4 Å². The molecule has 0 aliphatic carbocycles. The van der Waals surface area contributed by atoms with Crippen LogP contribution in [0.4, 0.5) is 5.69 Å². The quantitative estimate of drug-likeness (QED) is 0.117. The minimum Gasteiger partial charge on any atom is -0.370 e. The smallest absolute Gasteiger partial charge is 0.258 e. The van der Waals surface area contributed by atoms with Gasteiger partial charge < -0.3 is 4.90 Å². The Hall–Kier alpha value is -2.88. The third-order valence-corrected chi connectivity index (χ3v) is 7.93. The molecule has 0 saturated heterocycles. The number of hydrogen-bond donors (Lipinski definition) is 0. The normalized spacial score (nSPS) is 12.7. The van der Waals surface area contributed by atoms with E-state index in [-0.39, 0.29) is 5.56 Å². The maximum atomic E-state index is 12.5. The van der Waals surface area contributed by atoms with Crippen LogP contribution in [0.1, 0.15) is 140 Å². The molecular formula is C39H65N3O. The van der Waals surface area contributed by atoms with Crippen molar-refractivity contribution < 1.29 is 0 Å². The van der Waals surface area contributed by atoms with E-state index in [4.69, 9.17) is 0 Å². The molecule has 0 spiro atoms. The Morgan fingerprint density at radius 3 is 2.12 bits per heavy atom. The molecule has 2 rings (SSSR count). The van der Waals surface area contributed by atoms with Gasteiger partial charge in [0.1, 0.15) is 5.65 Å². The van der Waals surface area contributed by atoms with Gasteiger partial charge in [-0.3, -0.25) is 9.20 Å². The number of unbranched alkanes of at least 4 members (excludes halogenated alkanes) is 4. The van der Waals surface area contributed by atoms with Crippen molar-refractivity contribution in [3.8, 4) is 0 Å². The topological polar surface area (TPSA) is 37.6 Å². The Bertz CT molecular complexity index is 1210. The number of hydrogen-bond acceptors (Lipinski definition) is 3. The molecule has 1 unspecified atom stereocenters. The first-order valence-corrected chi connectivity index (χ1v) is 16.9. The van der Waals surface area contributed by atoms with E-state index >= 15 is 0 Å². The van der Waals surface area contributed by atoms with Crippen molar-refractivity contribution in [3.05, 3.63) is 82.0 Å². The second-order valence-electron chi connectivity index (χ2n) is 11.8. The van der Waals surface area contributed by atoms with Gasteiger partial charge in [0.2, 0.25) is 0 Å². The van der Waals surface area contributed by atoms with E-state index in [2.05, 4.69) is 90.1 Å². The van der Waals surface area contributed by atoms with E-state index in [1.807, 2.05) is 39.1 Å². The van der Waals surface area contributed by atoms with Crippen molar-refractivity contribution in [1.29, 1.82) is 0 Å². The van der Waals surface area contributed by atoms with E-state index in [9.17, 15) is 4.79 Å². The molecule has 0 radical (unpaired) electrons. The average molecular weight is 592 g/mol. The molecular weight excluding hydrogens is 526 g/mol. The van der Waals surface area contributed by atoms with Crippen LogP contribution >= 0.6 is 0 Å². The summed E-state index contributed by atoms with van der Waals surface area (Å²) in [4.78, 5) is 19.5. The van der Waals surface area contributed by atoms with E-state index in [0.717, 1.165) is 42.4 Å². The van der Waals surface area contributed by atoms with Crippen molar-refractivity contribution in [3.63, 3.8) is 0 Å². The largest absolute Gasteiger partial charge is 0.370 e. The van der Waals surface area contributed by atoms with Crippen LogP contribution in [0.5, 0.6) is 0 Å². The van der Waals surface area contributed by atoms with Crippen LogP contribution in [-0.4, -0.2) is 22.5 Å². The second kappa shape index (κ2) is 23.6. The number of nitrogens with zero attached hydrogens (tertiary/aromatic N) is 3. The maximum absolute atomic E-state index is 12.5. The standard InChI is InChI=1S/C20H29N3O.C10H20.C9H16/c1-5-8-9-13-22(12-6-2)17-10-11-19-21-18(16(4)7-3)14-20(24)23(19)15-17;1-5-7-8-10(4)9(3)6-2;1-5-6-7-9(4)8(2)3/h7,10-11,14-15H,5-6,8-9,12-13H2,1-4H3;8-9H,5-7H2,1-4H3;7H,2,5-6H2,1,3-4H3/b16-7+;10-8-;9-7-. The van der Waals surface area contributed by atoms with Crippen molar-refractivity contribution in [2.24, 2.45) is 5.92 Å². The Kier molecular flexibility index (Phi) is 22.0. The molecule has 1 atom stereocenters. The first kappa shape index (κ1) is 40.1. The Morgan fingerprint density at radius 2 is 1.58 bits per heavy atom. The van der Waals surface area contributed by atoms with Gasteiger partial charge >= 0.3 is 0 Å². The average Bonchev–Trinajstić information content (AvgIpc) is 3.01. The van der Waals surface area contributed by atoms with Crippen LogP contribution < -0.4 is 10.5 Å². The van der Waals surface area contributed by atoms with Crippen LogP contribution in [0.2, 0.25) is 0 Å². The number of pyridine rings is 1. The predicted octanol–water partition coefficient (Wildman–Crippen LogP) is 11.6. The minimum atomic E-state index is -0.0249. The lowest BCUT2D eigenvalue weighted by molar-refractivity contribution is 0.650. The van der Waals surface area contributed by atoms with Gasteiger partial charge in [-0.1, -0.05) is 109 Å². The monoisotopic (exact) mass is 592 g/mol. The third kappa shape index (κ3) is 16.0. The first-order chi connectivity index (χ1) is 20.5. The zero-order chi connectivity index (χ0) is 32.8. The van der Waals surface area contributed by atoms with Crippen LogP contribution in [0.3, 0.4) is 0 Å². The van der Waals surface area contributed by atoms with Crippen LogP contribution in [0.15, 0.2) is 70.7 Å². The summed E-state index contributed by atoms with van der Waals surface area (Å²) in [6.07, 6.45) is 19.4. The molecule has 43 heavy (non-hydrogen) atoms. The number of rotatable bonds is 15. The van der Waals surface area contributed by atoms with E-state index in [1.54, 1.807) is 16.0 Å². The highest BCUT2D eigenvalue weighted by atomic mass is 16.1. The molecule has 0 N–H and O–H groups in total. The minimum absolute atomic E-state index is 0.0249. The lowest BCUT2D eigenvalue weighted by atomic mass is 9.99. The van der Waals surface area contributed by atoms with E-state index in [0.29, 0.717) is 5.65 Å². The van der Waals surface area contributed by atoms with E-state index < -0.39 is 0 Å². The third-order valence-electron chi connectivity index (χ3n) is 7.93. The van der Waals surface area contributed by atoms with Gasteiger partial charge in [-0.05, 0) is 90.3 Å². The van der Waals surface area contributed by atoms with Crippen molar-refractivity contribution in [1.82, 2.24) is 9.38 Å². The second-order valence-corrected chi connectivity index (χ2v) is 11.8. The number of fused-ring (bicyclic) bond motifs is 1. The van der Waals surface area contributed by atoms with Crippen LogP contribution in [0.25, 0.3) is 11.2 Å². The summed E-state index contributed by atoms with van der Waals surface area (Å²) in [7, 11) is 0. The molecule has 0 aliphatic heterocycles. The zero-order valence-corrected chi connectivity index (χ0v) is 29.9. The van der Waals surface area contributed by atoms with Gasteiger partial charge in [-0.25, -0.2) is 4.98 Å². The molecule has 0 aromatic carbocycles. The molecule has 4 heteroatoms. The van der Waals surface area contributed by atoms with Crippen LogP contribution in [0, 0.1) is 5.92 Å². The summed E-state index contributed by atoms with van der Waals surface area (Å²) in [6.45, 7) is 29.6. The molecule has 0 amide bonds. The molecule has 4 nitrogen and oxygen atoms in total. The van der Waals surface area contributed by atoms with Crippen molar-refractivity contribution >= 4 is 16.9 Å². The molecule has 0 fully saturated rings. The molecule has 2 aromatic rings. The molecule has 2 aromatic heterocycles. The lowest BCUT2D eigenvalue weighted by Gasteiger charge is -2.24. The Labute approximate surface area is 265 Å². The fourth-order valence-corrected chi connectivity index (χ4v) is 4.25. The van der Waals surface area contributed by atoms with Crippen molar-refractivity contribution in [2.75, 3.05) is 18.0 Å². The van der Waals surface area contributed by atoms with E-state index in [1.165, 1.54) is 62.5 Å². The summed E-state index contributed by atoms with van der Waals surface area (Å²) in [6, 6.07) is 5.65. The summed E-state index contributed by atoms with van der Waals surface area (Å²) < 4.78 is 1.66. The molecule has 2 heterocycles. The number of aromatic nitrogens is 2. The molecule has 242 valence electrons. The van der Waals surface area contributed by atoms with Gasteiger partial charge in [0.15, 0.2) is 0 Å². The summed E-state index contributed by atoms with van der Waals surface area (Å²) in [5, 5.41) is 0. The van der Waals surface area contributed by atoms with Gasteiger partial charge in [0.05, 0.1) is 11.4 Å². The zero-order valence-electron chi connectivity index (χ0n) is 29.9. The fraction of sp³-hybridized carbons (Fsp3) is 0.590. The Morgan fingerprint density at radius 1 is 0.930 bits per heavy atom. The van der Waals surface area contributed by atoms with Gasteiger partial charge in [-0.15, -0.1) is 0 Å². The fourth-order valence-electron chi connectivity index (χ4n) is 4.25. The van der Waals surface area contributed by atoms with Crippen molar-refractivity contribution in [2.45, 2.75) is 134 Å².